The van der Waals surface area contributed by atoms with Gasteiger partial charge in [-0.2, -0.15) is 0 Å². The normalized spacial score (nSPS) is 12.1. The Hall–Kier alpha value is -1.79. The van der Waals surface area contributed by atoms with Crippen molar-refractivity contribution in [1.29, 1.82) is 0 Å². The summed E-state index contributed by atoms with van der Waals surface area (Å²) >= 11 is 1.05. The Morgan fingerprint density at radius 2 is 2.17 bits per heavy atom. The molecular weight excluding hydrogens is 250 g/mol. The molecule has 0 aliphatic rings. The Balaban J connectivity index is 1.93. The zero-order chi connectivity index (χ0) is 13.0. The first-order valence-corrected chi connectivity index (χ1v) is 6.26. The van der Waals surface area contributed by atoms with E-state index in [-0.39, 0.29) is 12.5 Å². The molecule has 0 aliphatic heterocycles. The molecule has 5 nitrogen and oxygen atoms in total. The first-order chi connectivity index (χ1) is 8.68. The van der Waals surface area contributed by atoms with Crippen LogP contribution in [0, 0.1) is 6.92 Å². The van der Waals surface area contributed by atoms with E-state index in [0.717, 1.165) is 17.1 Å². The lowest BCUT2D eigenvalue weighted by molar-refractivity contribution is 0.0919. The van der Waals surface area contributed by atoms with Gasteiger partial charge < -0.3 is 10.4 Å². The summed E-state index contributed by atoms with van der Waals surface area (Å²) in [4.78, 5) is 12.3. The number of aromatic nitrogens is 2. The quantitative estimate of drug-likeness (QED) is 0.872. The van der Waals surface area contributed by atoms with Crippen LogP contribution in [0.2, 0.25) is 0 Å². The molecule has 0 bridgehead atoms. The SMILES string of the molecule is Cc1nnsc1C(=O)NCC(O)c1ccccc1. The Labute approximate surface area is 109 Å². The lowest BCUT2D eigenvalue weighted by Crippen LogP contribution is -2.28. The van der Waals surface area contributed by atoms with Crippen molar-refractivity contribution in [2.75, 3.05) is 6.54 Å². The molecular formula is C12H13N3O2S. The van der Waals surface area contributed by atoms with Gasteiger partial charge in [0, 0.05) is 6.54 Å². The smallest absolute Gasteiger partial charge is 0.265 e. The van der Waals surface area contributed by atoms with Gasteiger partial charge in [0.25, 0.3) is 5.91 Å². The summed E-state index contributed by atoms with van der Waals surface area (Å²) in [5.74, 6) is -0.252. The summed E-state index contributed by atoms with van der Waals surface area (Å²) in [6, 6.07) is 9.20. The summed E-state index contributed by atoms with van der Waals surface area (Å²) in [7, 11) is 0. The Morgan fingerprint density at radius 3 is 2.78 bits per heavy atom. The van der Waals surface area contributed by atoms with Gasteiger partial charge in [0.2, 0.25) is 0 Å². The molecule has 0 fully saturated rings. The number of aryl methyl sites for hydroxylation is 1. The van der Waals surface area contributed by atoms with E-state index in [9.17, 15) is 9.90 Å². The molecule has 1 aromatic carbocycles. The minimum atomic E-state index is -0.712. The number of aliphatic hydroxyl groups excluding tert-OH is 1. The topological polar surface area (TPSA) is 75.1 Å². The molecule has 1 amide bonds. The van der Waals surface area contributed by atoms with E-state index >= 15 is 0 Å². The fourth-order valence-electron chi connectivity index (χ4n) is 1.50. The van der Waals surface area contributed by atoms with Crippen molar-refractivity contribution in [2.24, 2.45) is 0 Å². The van der Waals surface area contributed by atoms with E-state index in [1.165, 1.54) is 0 Å². The van der Waals surface area contributed by atoms with Gasteiger partial charge in [0.05, 0.1) is 11.8 Å². The van der Waals surface area contributed by atoms with Crippen LogP contribution < -0.4 is 5.32 Å². The number of hydrogen-bond donors (Lipinski definition) is 2. The van der Waals surface area contributed by atoms with Crippen molar-refractivity contribution in [3.63, 3.8) is 0 Å². The molecule has 18 heavy (non-hydrogen) atoms. The van der Waals surface area contributed by atoms with Crippen LogP contribution in [0.4, 0.5) is 0 Å². The third-order valence-corrected chi connectivity index (χ3v) is 3.32. The van der Waals surface area contributed by atoms with Gasteiger partial charge in [-0.3, -0.25) is 4.79 Å². The predicted octanol–water partition coefficient (Wildman–Crippen LogP) is 1.31. The van der Waals surface area contributed by atoms with Crippen LogP contribution in [0.25, 0.3) is 0 Å². The van der Waals surface area contributed by atoms with Gasteiger partial charge in [0.1, 0.15) is 4.88 Å². The molecule has 2 N–H and O–H groups in total. The van der Waals surface area contributed by atoms with Crippen molar-refractivity contribution < 1.29 is 9.90 Å². The first kappa shape index (κ1) is 12.7. The second-order valence-electron chi connectivity index (χ2n) is 3.82. The number of rotatable bonds is 4. The maximum Gasteiger partial charge on any atom is 0.265 e. The monoisotopic (exact) mass is 263 g/mol. The summed E-state index contributed by atoms with van der Waals surface area (Å²) in [6.45, 7) is 1.90. The van der Waals surface area contributed by atoms with Crippen molar-refractivity contribution in [2.45, 2.75) is 13.0 Å². The highest BCUT2D eigenvalue weighted by Crippen LogP contribution is 2.12. The van der Waals surface area contributed by atoms with E-state index in [0.29, 0.717) is 10.6 Å². The lowest BCUT2D eigenvalue weighted by atomic mass is 10.1. The highest BCUT2D eigenvalue weighted by Gasteiger charge is 2.14. The highest BCUT2D eigenvalue weighted by atomic mass is 32.1. The zero-order valence-electron chi connectivity index (χ0n) is 9.83. The second kappa shape index (κ2) is 5.70. The average Bonchev–Trinajstić information content (AvgIpc) is 2.83. The number of nitrogens with one attached hydrogen (secondary N) is 1. The maximum absolute atomic E-state index is 11.8. The molecule has 0 saturated carbocycles. The maximum atomic E-state index is 11.8. The fourth-order valence-corrected chi connectivity index (χ4v) is 2.08. The summed E-state index contributed by atoms with van der Waals surface area (Å²) in [6.07, 6.45) is -0.712. The number of carbonyl (C=O) groups is 1. The van der Waals surface area contributed by atoms with Crippen LogP contribution in [-0.2, 0) is 0 Å². The van der Waals surface area contributed by atoms with E-state index in [1.807, 2.05) is 30.3 Å². The average molecular weight is 263 g/mol. The lowest BCUT2D eigenvalue weighted by Gasteiger charge is -2.11. The summed E-state index contributed by atoms with van der Waals surface area (Å²) < 4.78 is 3.70. The minimum Gasteiger partial charge on any atom is -0.387 e. The van der Waals surface area contributed by atoms with E-state index in [1.54, 1.807) is 6.92 Å². The molecule has 0 radical (unpaired) electrons. The van der Waals surface area contributed by atoms with Crippen LogP contribution in [0.3, 0.4) is 0 Å². The second-order valence-corrected chi connectivity index (χ2v) is 4.58. The number of benzene rings is 1. The summed E-state index contributed by atoms with van der Waals surface area (Å²) in [5, 5.41) is 16.3. The predicted molar refractivity (Wildman–Crippen MR) is 68.4 cm³/mol. The van der Waals surface area contributed by atoms with E-state index in [4.69, 9.17) is 0 Å². The standard InChI is InChI=1S/C12H13N3O2S/c1-8-11(18-15-14-8)12(17)13-7-10(16)9-5-3-2-4-6-9/h2-6,10,16H,7H2,1H3,(H,13,17). The zero-order valence-corrected chi connectivity index (χ0v) is 10.6. The van der Waals surface area contributed by atoms with Gasteiger partial charge in [-0.05, 0) is 24.0 Å². The van der Waals surface area contributed by atoms with Gasteiger partial charge in [-0.1, -0.05) is 34.8 Å². The third kappa shape index (κ3) is 2.91. The summed E-state index contributed by atoms with van der Waals surface area (Å²) in [5.41, 5.74) is 1.38. The number of aliphatic hydroxyl groups is 1. The first-order valence-electron chi connectivity index (χ1n) is 5.48. The van der Waals surface area contributed by atoms with Crippen LogP contribution in [0.1, 0.15) is 27.0 Å². The Morgan fingerprint density at radius 1 is 1.44 bits per heavy atom. The van der Waals surface area contributed by atoms with Crippen LogP contribution >= 0.6 is 11.5 Å². The Bertz CT molecular complexity index is 527. The van der Waals surface area contributed by atoms with E-state index in [2.05, 4.69) is 14.9 Å². The molecule has 0 aliphatic carbocycles. The molecule has 0 spiro atoms. The van der Waals surface area contributed by atoms with Crippen LogP contribution in [0.15, 0.2) is 30.3 Å². The molecule has 1 atom stereocenters. The van der Waals surface area contributed by atoms with Gasteiger partial charge >= 0.3 is 0 Å². The molecule has 94 valence electrons. The minimum absolute atomic E-state index is 0.167. The molecule has 6 heteroatoms. The van der Waals surface area contributed by atoms with Crippen molar-refractivity contribution in [1.82, 2.24) is 14.9 Å². The number of hydrogen-bond acceptors (Lipinski definition) is 5. The van der Waals surface area contributed by atoms with Crippen LogP contribution in [0.5, 0.6) is 0 Å². The van der Waals surface area contributed by atoms with Crippen molar-refractivity contribution in [3.05, 3.63) is 46.5 Å². The number of carbonyl (C=O) groups excluding carboxylic acids is 1. The highest BCUT2D eigenvalue weighted by molar-refractivity contribution is 7.07. The molecule has 2 aromatic rings. The fraction of sp³-hybridized carbons (Fsp3) is 0.250. The molecule has 1 unspecified atom stereocenters. The molecule has 0 saturated heterocycles. The Kier molecular flexibility index (Phi) is 4.01. The molecule has 2 rings (SSSR count). The molecule has 1 heterocycles. The van der Waals surface area contributed by atoms with Gasteiger partial charge in [0.15, 0.2) is 0 Å². The van der Waals surface area contributed by atoms with Gasteiger partial charge in [-0.25, -0.2) is 0 Å². The van der Waals surface area contributed by atoms with Crippen molar-refractivity contribution in [3.8, 4) is 0 Å². The van der Waals surface area contributed by atoms with Gasteiger partial charge in [-0.15, -0.1) is 5.10 Å². The number of amides is 1. The molecule has 1 aromatic heterocycles. The van der Waals surface area contributed by atoms with Crippen molar-refractivity contribution >= 4 is 17.4 Å². The largest absolute Gasteiger partial charge is 0.387 e. The third-order valence-electron chi connectivity index (χ3n) is 2.50. The van der Waals surface area contributed by atoms with Crippen LogP contribution in [-0.4, -0.2) is 27.1 Å². The number of nitrogens with zero attached hydrogens (tertiary/aromatic N) is 2. The van der Waals surface area contributed by atoms with E-state index < -0.39 is 6.10 Å².